The smallest absolute Gasteiger partial charge is 0.138 e. The standard InChI is InChI=1S/C12H18N2O/c13-10-8-9(4-5-11(10)15)12(14)6-2-1-3-7-12/h4-5,8,15H,1-3,6-7,13-14H2. The van der Waals surface area contributed by atoms with Crippen molar-refractivity contribution in [1.29, 1.82) is 0 Å². The van der Waals surface area contributed by atoms with Crippen molar-refractivity contribution in [3.05, 3.63) is 23.8 Å². The first-order valence-corrected chi connectivity index (χ1v) is 5.50. The van der Waals surface area contributed by atoms with Gasteiger partial charge in [0.2, 0.25) is 0 Å². The van der Waals surface area contributed by atoms with Crippen LogP contribution in [-0.2, 0) is 5.54 Å². The van der Waals surface area contributed by atoms with Crippen LogP contribution < -0.4 is 11.5 Å². The van der Waals surface area contributed by atoms with Crippen LogP contribution in [0.4, 0.5) is 5.69 Å². The average Bonchev–Trinajstić information content (AvgIpc) is 2.23. The molecule has 0 heterocycles. The number of hydrogen-bond donors (Lipinski definition) is 3. The fraction of sp³-hybridized carbons (Fsp3) is 0.500. The van der Waals surface area contributed by atoms with Gasteiger partial charge in [0, 0.05) is 5.54 Å². The number of nitrogens with two attached hydrogens (primary N) is 2. The van der Waals surface area contributed by atoms with Crippen molar-refractivity contribution < 1.29 is 5.11 Å². The summed E-state index contributed by atoms with van der Waals surface area (Å²) in [6.45, 7) is 0. The number of hydrogen-bond acceptors (Lipinski definition) is 3. The fourth-order valence-electron chi connectivity index (χ4n) is 2.34. The van der Waals surface area contributed by atoms with E-state index in [1.165, 1.54) is 19.3 Å². The molecule has 0 spiro atoms. The molecule has 0 amide bonds. The summed E-state index contributed by atoms with van der Waals surface area (Å²) in [4.78, 5) is 0. The second kappa shape index (κ2) is 3.74. The maximum atomic E-state index is 9.36. The topological polar surface area (TPSA) is 72.3 Å². The minimum atomic E-state index is -0.236. The molecule has 1 aromatic rings. The fourth-order valence-corrected chi connectivity index (χ4v) is 2.34. The predicted octanol–water partition coefficient (Wildman–Crippen LogP) is 2.09. The molecule has 2 rings (SSSR count). The van der Waals surface area contributed by atoms with E-state index in [1.54, 1.807) is 12.1 Å². The number of aromatic hydroxyl groups is 1. The Morgan fingerprint density at radius 2 is 1.80 bits per heavy atom. The van der Waals surface area contributed by atoms with Gasteiger partial charge in [-0.15, -0.1) is 0 Å². The molecule has 5 N–H and O–H groups in total. The summed E-state index contributed by atoms with van der Waals surface area (Å²) < 4.78 is 0. The number of phenols is 1. The molecule has 1 saturated carbocycles. The van der Waals surface area contributed by atoms with Gasteiger partial charge in [-0.3, -0.25) is 0 Å². The van der Waals surface area contributed by atoms with E-state index in [0.717, 1.165) is 18.4 Å². The monoisotopic (exact) mass is 206 g/mol. The third kappa shape index (κ3) is 1.92. The van der Waals surface area contributed by atoms with E-state index < -0.39 is 0 Å². The van der Waals surface area contributed by atoms with Crippen LogP contribution >= 0.6 is 0 Å². The Kier molecular flexibility index (Phi) is 2.57. The Morgan fingerprint density at radius 1 is 1.13 bits per heavy atom. The van der Waals surface area contributed by atoms with E-state index in [-0.39, 0.29) is 11.3 Å². The normalized spacial score (nSPS) is 20.1. The lowest BCUT2D eigenvalue weighted by Gasteiger charge is -2.34. The molecule has 0 radical (unpaired) electrons. The Balaban J connectivity index is 2.31. The minimum absolute atomic E-state index is 0.137. The number of benzene rings is 1. The Morgan fingerprint density at radius 3 is 2.40 bits per heavy atom. The van der Waals surface area contributed by atoms with Gasteiger partial charge in [-0.05, 0) is 30.5 Å². The van der Waals surface area contributed by atoms with Gasteiger partial charge in [0.15, 0.2) is 0 Å². The van der Waals surface area contributed by atoms with E-state index >= 15 is 0 Å². The van der Waals surface area contributed by atoms with Crippen LogP contribution in [0.5, 0.6) is 5.75 Å². The lowest BCUT2D eigenvalue weighted by atomic mass is 9.77. The summed E-state index contributed by atoms with van der Waals surface area (Å²) in [5, 5.41) is 9.36. The van der Waals surface area contributed by atoms with Crippen molar-refractivity contribution in [1.82, 2.24) is 0 Å². The molecule has 1 aliphatic carbocycles. The maximum absolute atomic E-state index is 9.36. The SMILES string of the molecule is Nc1cc(C2(N)CCCCC2)ccc1O. The van der Waals surface area contributed by atoms with Crippen LogP contribution in [0.15, 0.2) is 18.2 Å². The zero-order valence-corrected chi connectivity index (χ0v) is 8.87. The van der Waals surface area contributed by atoms with Gasteiger partial charge >= 0.3 is 0 Å². The van der Waals surface area contributed by atoms with Gasteiger partial charge < -0.3 is 16.6 Å². The third-order valence-electron chi connectivity index (χ3n) is 3.35. The highest BCUT2D eigenvalue weighted by atomic mass is 16.3. The lowest BCUT2D eigenvalue weighted by molar-refractivity contribution is 0.302. The first-order chi connectivity index (χ1) is 7.12. The number of rotatable bonds is 1. The number of anilines is 1. The van der Waals surface area contributed by atoms with E-state index in [4.69, 9.17) is 11.5 Å². The summed E-state index contributed by atoms with van der Waals surface area (Å²) in [5.74, 6) is 0.137. The van der Waals surface area contributed by atoms with Crippen LogP contribution in [0.3, 0.4) is 0 Å². The first-order valence-electron chi connectivity index (χ1n) is 5.50. The summed E-state index contributed by atoms with van der Waals surface area (Å²) in [6.07, 6.45) is 5.65. The second-order valence-corrected chi connectivity index (χ2v) is 4.49. The van der Waals surface area contributed by atoms with E-state index in [9.17, 15) is 5.11 Å². The van der Waals surface area contributed by atoms with Crippen molar-refractivity contribution in [3.8, 4) is 5.75 Å². The van der Waals surface area contributed by atoms with E-state index in [1.807, 2.05) is 6.07 Å². The summed E-state index contributed by atoms with van der Waals surface area (Å²) in [6, 6.07) is 5.32. The maximum Gasteiger partial charge on any atom is 0.138 e. The highest BCUT2D eigenvalue weighted by Crippen LogP contribution is 2.36. The summed E-state index contributed by atoms with van der Waals surface area (Å²) in [7, 11) is 0. The van der Waals surface area contributed by atoms with Crippen LogP contribution in [0.1, 0.15) is 37.7 Å². The van der Waals surface area contributed by atoms with Gasteiger partial charge in [0.25, 0.3) is 0 Å². The highest BCUT2D eigenvalue weighted by molar-refractivity contribution is 5.54. The molecule has 1 aromatic carbocycles. The minimum Gasteiger partial charge on any atom is -0.506 e. The molecular formula is C12H18N2O. The lowest BCUT2D eigenvalue weighted by Crippen LogP contribution is -2.38. The molecule has 1 aliphatic rings. The van der Waals surface area contributed by atoms with Crippen molar-refractivity contribution >= 4 is 5.69 Å². The molecule has 0 bridgehead atoms. The van der Waals surface area contributed by atoms with Gasteiger partial charge in [0.1, 0.15) is 5.75 Å². The van der Waals surface area contributed by atoms with Crippen LogP contribution in [0.25, 0.3) is 0 Å². The summed E-state index contributed by atoms with van der Waals surface area (Å²) in [5.41, 5.74) is 13.3. The van der Waals surface area contributed by atoms with Crippen molar-refractivity contribution in [2.45, 2.75) is 37.6 Å². The molecule has 0 aliphatic heterocycles. The van der Waals surface area contributed by atoms with Gasteiger partial charge in [-0.25, -0.2) is 0 Å². The molecular weight excluding hydrogens is 188 g/mol. The van der Waals surface area contributed by atoms with Crippen molar-refractivity contribution in [3.63, 3.8) is 0 Å². The van der Waals surface area contributed by atoms with Crippen molar-refractivity contribution in [2.24, 2.45) is 5.73 Å². The Hall–Kier alpha value is -1.22. The van der Waals surface area contributed by atoms with Crippen LogP contribution in [0, 0.1) is 0 Å². The van der Waals surface area contributed by atoms with Crippen LogP contribution in [-0.4, -0.2) is 5.11 Å². The molecule has 0 aromatic heterocycles. The zero-order chi connectivity index (χ0) is 10.9. The molecule has 3 heteroatoms. The predicted molar refractivity (Wildman–Crippen MR) is 61.5 cm³/mol. The quantitative estimate of drug-likeness (QED) is 0.486. The summed E-state index contributed by atoms with van der Waals surface area (Å²) >= 11 is 0. The number of nitrogen functional groups attached to an aromatic ring is 1. The highest BCUT2D eigenvalue weighted by Gasteiger charge is 2.29. The van der Waals surface area contributed by atoms with Gasteiger partial charge in [-0.2, -0.15) is 0 Å². The Bertz CT molecular complexity index is 357. The molecule has 82 valence electrons. The van der Waals surface area contributed by atoms with Gasteiger partial charge in [-0.1, -0.05) is 25.3 Å². The van der Waals surface area contributed by atoms with Crippen LogP contribution in [0.2, 0.25) is 0 Å². The van der Waals surface area contributed by atoms with E-state index in [2.05, 4.69) is 0 Å². The third-order valence-corrected chi connectivity index (χ3v) is 3.35. The van der Waals surface area contributed by atoms with Crippen molar-refractivity contribution in [2.75, 3.05) is 5.73 Å². The average molecular weight is 206 g/mol. The van der Waals surface area contributed by atoms with E-state index in [0.29, 0.717) is 5.69 Å². The van der Waals surface area contributed by atoms with Gasteiger partial charge in [0.05, 0.1) is 5.69 Å². The molecule has 0 unspecified atom stereocenters. The molecule has 15 heavy (non-hydrogen) atoms. The molecule has 1 fully saturated rings. The first kappa shape index (κ1) is 10.3. The second-order valence-electron chi connectivity index (χ2n) is 4.49. The Labute approximate surface area is 90.1 Å². The zero-order valence-electron chi connectivity index (χ0n) is 8.87. The largest absolute Gasteiger partial charge is 0.506 e. The molecule has 0 saturated heterocycles. The number of phenolic OH excluding ortho intramolecular Hbond substituents is 1. The molecule has 0 atom stereocenters. The molecule has 3 nitrogen and oxygen atoms in total.